The number of nitrogens with one attached hydrogen (secondary N) is 1. The summed E-state index contributed by atoms with van der Waals surface area (Å²) in [6, 6.07) is 1.92. The first kappa shape index (κ1) is 19.8. The fraction of sp³-hybridized carbons (Fsp3) is 0.316. The SMILES string of the molecule is Cc1ncc(-c2cc(Cl)c(Cl)c3[nH]c4c(c23)CN(C)CC4)cn1.O=CCO. The third-order valence-electron chi connectivity index (χ3n) is 4.50. The van der Waals surface area contributed by atoms with Gasteiger partial charge in [-0.2, -0.15) is 0 Å². The van der Waals surface area contributed by atoms with Crippen molar-refractivity contribution in [2.45, 2.75) is 19.9 Å². The molecule has 0 unspecified atom stereocenters. The van der Waals surface area contributed by atoms with Gasteiger partial charge in [-0.05, 0) is 31.2 Å². The molecule has 1 aromatic carbocycles. The Kier molecular flexibility index (Phi) is 6.11. The first-order valence-electron chi connectivity index (χ1n) is 8.49. The molecule has 0 atom stereocenters. The summed E-state index contributed by atoms with van der Waals surface area (Å²) in [5, 5.41) is 9.76. The molecule has 2 aromatic heterocycles. The van der Waals surface area contributed by atoms with Gasteiger partial charge in [0.1, 0.15) is 12.1 Å². The number of fused-ring (bicyclic) bond motifs is 3. The van der Waals surface area contributed by atoms with Gasteiger partial charge in [0, 0.05) is 48.5 Å². The average Bonchev–Trinajstić information content (AvgIpc) is 3.04. The molecule has 0 saturated carbocycles. The van der Waals surface area contributed by atoms with Crippen LogP contribution in [-0.4, -0.2) is 51.4 Å². The number of aromatic nitrogens is 3. The Morgan fingerprint density at radius 2 is 2.00 bits per heavy atom. The van der Waals surface area contributed by atoms with E-state index in [1.54, 1.807) is 0 Å². The van der Waals surface area contributed by atoms with Gasteiger partial charge in [0.25, 0.3) is 0 Å². The van der Waals surface area contributed by atoms with Crippen LogP contribution in [0.25, 0.3) is 22.0 Å². The molecular weight excluding hydrogens is 387 g/mol. The fourth-order valence-corrected chi connectivity index (χ4v) is 3.63. The maximum Gasteiger partial charge on any atom is 0.145 e. The highest BCUT2D eigenvalue weighted by Gasteiger charge is 2.23. The highest BCUT2D eigenvalue weighted by atomic mass is 35.5. The van der Waals surface area contributed by atoms with Crippen molar-refractivity contribution in [3.05, 3.63) is 45.6 Å². The Hall–Kier alpha value is -1.99. The van der Waals surface area contributed by atoms with E-state index in [0.717, 1.165) is 47.4 Å². The van der Waals surface area contributed by atoms with Gasteiger partial charge in [-0.1, -0.05) is 23.2 Å². The Labute approximate surface area is 167 Å². The lowest BCUT2D eigenvalue weighted by Gasteiger charge is -2.22. The van der Waals surface area contributed by atoms with Gasteiger partial charge < -0.3 is 19.8 Å². The van der Waals surface area contributed by atoms with Crippen molar-refractivity contribution in [1.29, 1.82) is 0 Å². The van der Waals surface area contributed by atoms with E-state index < -0.39 is 0 Å². The molecule has 3 heterocycles. The van der Waals surface area contributed by atoms with Crippen molar-refractivity contribution in [3.63, 3.8) is 0 Å². The van der Waals surface area contributed by atoms with Crippen LogP contribution in [0.5, 0.6) is 0 Å². The molecule has 142 valence electrons. The van der Waals surface area contributed by atoms with Crippen LogP contribution in [0.3, 0.4) is 0 Å². The van der Waals surface area contributed by atoms with Crippen molar-refractivity contribution in [1.82, 2.24) is 19.9 Å². The first-order chi connectivity index (χ1) is 13.0. The minimum Gasteiger partial charge on any atom is -0.389 e. The lowest BCUT2D eigenvalue weighted by molar-refractivity contribution is -0.110. The molecule has 0 aliphatic carbocycles. The Bertz CT molecular complexity index is 970. The molecule has 6 nitrogen and oxygen atoms in total. The predicted octanol–water partition coefficient (Wildman–Crippen LogP) is 3.41. The zero-order valence-corrected chi connectivity index (χ0v) is 16.6. The number of rotatable bonds is 2. The number of carbonyl (C=O) groups is 1. The minimum atomic E-state index is -0.361. The maximum absolute atomic E-state index is 8.92. The number of likely N-dealkylation sites (N-methyl/N-ethyl adjacent to an activating group) is 1. The van der Waals surface area contributed by atoms with E-state index in [0.29, 0.717) is 16.3 Å². The quantitative estimate of drug-likeness (QED) is 0.637. The molecular formula is C19H20Cl2N4O2. The maximum atomic E-state index is 8.92. The molecule has 0 saturated heterocycles. The zero-order chi connectivity index (χ0) is 19.6. The van der Waals surface area contributed by atoms with Gasteiger partial charge in [-0.25, -0.2) is 9.97 Å². The minimum absolute atomic E-state index is 0.361. The number of hydrogen-bond acceptors (Lipinski definition) is 5. The summed E-state index contributed by atoms with van der Waals surface area (Å²) >= 11 is 12.8. The topological polar surface area (TPSA) is 82.1 Å². The Morgan fingerprint density at radius 1 is 1.33 bits per heavy atom. The van der Waals surface area contributed by atoms with E-state index in [-0.39, 0.29) is 6.61 Å². The third kappa shape index (κ3) is 3.99. The normalized spacial score (nSPS) is 13.8. The summed E-state index contributed by atoms with van der Waals surface area (Å²) < 4.78 is 0. The monoisotopic (exact) mass is 406 g/mol. The Morgan fingerprint density at radius 3 is 2.63 bits per heavy atom. The number of aliphatic hydroxyl groups excluding tert-OH is 1. The molecule has 0 amide bonds. The lowest BCUT2D eigenvalue weighted by atomic mass is 9.98. The molecule has 8 heteroatoms. The van der Waals surface area contributed by atoms with Crippen molar-refractivity contribution in [3.8, 4) is 11.1 Å². The number of carbonyl (C=O) groups excluding carboxylic acids is 1. The summed E-state index contributed by atoms with van der Waals surface area (Å²) in [5.74, 6) is 0.751. The summed E-state index contributed by atoms with van der Waals surface area (Å²) in [5.41, 5.74) is 5.44. The van der Waals surface area contributed by atoms with Crippen LogP contribution < -0.4 is 0 Å². The number of halogens is 2. The van der Waals surface area contributed by atoms with Gasteiger partial charge in [-0.3, -0.25) is 0 Å². The molecule has 27 heavy (non-hydrogen) atoms. The van der Waals surface area contributed by atoms with E-state index in [9.17, 15) is 0 Å². The molecule has 0 spiro atoms. The van der Waals surface area contributed by atoms with Gasteiger partial charge in [0.15, 0.2) is 0 Å². The number of nitrogens with zero attached hydrogens (tertiary/aromatic N) is 3. The van der Waals surface area contributed by atoms with Gasteiger partial charge in [0.05, 0.1) is 22.2 Å². The van der Waals surface area contributed by atoms with Crippen LogP contribution in [0.4, 0.5) is 0 Å². The second kappa shape index (κ2) is 8.35. The second-order valence-corrected chi connectivity index (χ2v) is 7.19. The number of aryl methyl sites for hydroxylation is 1. The second-order valence-electron chi connectivity index (χ2n) is 6.41. The molecule has 0 radical (unpaired) electrons. The lowest BCUT2D eigenvalue weighted by Crippen LogP contribution is -2.26. The number of aromatic amines is 1. The first-order valence-corrected chi connectivity index (χ1v) is 9.25. The molecule has 1 aliphatic rings. The van der Waals surface area contributed by atoms with Crippen LogP contribution in [0, 0.1) is 6.92 Å². The molecule has 3 aromatic rings. The van der Waals surface area contributed by atoms with E-state index in [4.69, 9.17) is 33.1 Å². The summed E-state index contributed by atoms with van der Waals surface area (Å²) in [4.78, 5) is 23.4. The van der Waals surface area contributed by atoms with E-state index >= 15 is 0 Å². The number of aliphatic hydroxyl groups is 1. The number of H-pyrrole nitrogens is 1. The van der Waals surface area contributed by atoms with Crippen LogP contribution in [0.1, 0.15) is 17.1 Å². The van der Waals surface area contributed by atoms with Crippen LogP contribution in [0.2, 0.25) is 10.0 Å². The fourth-order valence-electron chi connectivity index (χ4n) is 3.23. The number of aldehydes is 1. The third-order valence-corrected chi connectivity index (χ3v) is 5.29. The summed E-state index contributed by atoms with van der Waals surface area (Å²) in [6.07, 6.45) is 5.10. The van der Waals surface area contributed by atoms with Gasteiger partial charge >= 0.3 is 0 Å². The van der Waals surface area contributed by atoms with Gasteiger partial charge in [0.2, 0.25) is 0 Å². The molecule has 0 bridgehead atoms. The smallest absolute Gasteiger partial charge is 0.145 e. The van der Waals surface area contributed by atoms with Gasteiger partial charge in [-0.15, -0.1) is 0 Å². The van der Waals surface area contributed by atoms with Crippen LogP contribution in [-0.2, 0) is 17.8 Å². The van der Waals surface area contributed by atoms with Crippen molar-refractivity contribution in [2.75, 3.05) is 20.2 Å². The largest absolute Gasteiger partial charge is 0.389 e. The van der Waals surface area contributed by atoms with Crippen LogP contribution in [0.15, 0.2) is 18.5 Å². The molecule has 4 rings (SSSR count). The predicted molar refractivity (Wildman–Crippen MR) is 107 cm³/mol. The average molecular weight is 407 g/mol. The highest BCUT2D eigenvalue weighted by molar-refractivity contribution is 6.45. The van der Waals surface area contributed by atoms with Crippen molar-refractivity contribution in [2.24, 2.45) is 0 Å². The van der Waals surface area contributed by atoms with E-state index in [2.05, 4.69) is 26.9 Å². The highest BCUT2D eigenvalue weighted by Crippen LogP contribution is 2.41. The Balaban J connectivity index is 0.000000481. The summed E-state index contributed by atoms with van der Waals surface area (Å²) in [7, 11) is 2.13. The molecule has 0 fully saturated rings. The molecule has 2 N–H and O–H groups in total. The van der Waals surface area contributed by atoms with Crippen molar-refractivity contribution >= 4 is 40.4 Å². The zero-order valence-electron chi connectivity index (χ0n) is 15.1. The standard InChI is InChI=1S/C17H16Cl2N4.C2H4O2/c1-9-20-6-10(7-21-9)11-5-13(18)16(19)17-15(11)12-8-23(2)4-3-14(12)22-17;3-1-2-4/h5-7,22H,3-4,8H2,1-2H3;1,4H,2H2. The molecule has 1 aliphatic heterocycles. The number of benzene rings is 1. The van der Waals surface area contributed by atoms with Crippen LogP contribution >= 0.6 is 23.2 Å². The van der Waals surface area contributed by atoms with Crippen molar-refractivity contribution < 1.29 is 9.90 Å². The number of hydrogen-bond donors (Lipinski definition) is 2. The van der Waals surface area contributed by atoms with E-state index in [1.165, 1.54) is 11.3 Å². The van der Waals surface area contributed by atoms with E-state index in [1.807, 2.05) is 25.4 Å². The summed E-state index contributed by atoms with van der Waals surface area (Å²) in [6.45, 7) is 3.45.